The van der Waals surface area contributed by atoms with E-state index in [9.17, 15) is 4.79 Å². The van der Waals surface area contributed by atoms with Gasteiger partial charge in [0.15, 0.2) is 5.13 Å². The topological polar surface area (TPSA) is 36.4 Å². The number of nitrogens with zero attached hydrogens (tertiary/aromatic N) is 3. The fourth-order valence-electron chi connectivity index (χ4n) is 3.14. The summed E-state index contributed by atoms with van der Waals surface area (Å²) in [6.45, 7) is 9.91. The van der Waals surface area contributed by atoms with E-state index < -0.39 is 0 Å². The summed E-state index contributed by atoms with van der Waals surface area (Å²) in [6.07, 6.45) is 0.900. The van der Waals surface area contributed by atoms with Crippen molar-refractivity contribution in [3.05, 3.63) is 58.1 Å². The lowest BCUT2D eigenvalue weighted by molar-refractivity contribution is 0.0986. The molecule has 0 atom stereocenters. The third-order valence-corrected chi connectivity index (χ3v) is 6.25. The second-order valence-electron chi connectivity index (χ2n) is 7.81. The van der Waals surface area contributed by atoms with Crippen LogP contribution in [0.25, 0.3) is 10.2 Å². The van der Waals surface area contributed by atoms with Crippen LogP contribution in [0.3, 0.4) is 0 Å². The molecule has 0 spiro atoms. The Morgan fingerprint density at radius 2 is 1.59 bits per heavy atom. The van der Waals surface area contributed by atoms with Crippen LogP contribution in [-0.2, 0) is 0 Å². The maximum Gasteiger partial charge on any atom is 0.260 e. The van der Waals surface area contributed by atoms with Crippen molar-refractivity contribution in [2.24, 2.45) is 0 Å². The van der Waals surface area contributed by atoms with Crippen molar-refractivity contribution in [1.82, 2.24) is 9.88 Å². The number of halogens is 1. The first-order valence-corrected chi connectivity index (χ1v) is 10.5. The summed E-state index contributed by atoms with van der Waals surface area (Å²) in [5.74, 6) is 0.0226. The van der Waals surface area contributed by atoms with Crippen molar-refractivity contribution >= 4 is 45.0 Å². The normalized spacial score (nSPS) is 11.0. The van der Waals surface area contributed by atoms with E-state index in [4.69, 9.17) is 4.98 Å². The average Bonchev–Trinajstić information content (AvgIpc) is 3.03. The molecule has 29 heavy (non-hydrogen) atoms. The van der Waals surface area contributed by atoms with Gasteiger partial charge in [0, 0.05) is 12.1 Å². The Morgan fingerprint density at radius 3 is 2.24 bits per heavy atom. The molecule has 1 aromatic heterocycles. The molecule has 0 radical (unpaired) electrons. The molecular formula is C23H30ClN3OS. The van der Waals surface area contributed by atoms with Gasteiger partial charge >= 0.3 is 0 Å². The van der Waals surface area contributed by atoms with Crippen molar-refractivity contribution in [3.63, 3.8) is 0 Å². The molecule has 4 nitrogen and oxygen atoms in total. The molecule has 0 N–H and O–H groups in total. The largest absolute Gasteiger partial charge is 0.309 e. The van der Waals surface area contributed by atoms with Gasteiger partial charge in [-0.1, -0.05) is 17.4 Å². The Morgan fingerprint density at radius 1 is 0.931 bits per heavy atom. The highest BCUT2D eigenvalue weighted by molar-refractivity contribution is 7.22. The summed E-state index contributed by atoms with van der Waals surface area (Å²) in [7, 11) is 4.11. The number of rotatable bonds is 6. The number of anilines is 1. The van der Waals surface area contributed by atoms with Gasteiger partial charge in [-0.15, -0.1) is 12.4 Å². The molecule has 0 aliphatic carbocycles. The first-order chi connectivity index (χ1) is 13.3. The lowest BCUT2D eigenvalue weighted by Gasteiger charge is -2.21. The minimum Gasteiger partial charge on any atom is -0.309 e. The van der Waals surface area contributed by atoms with E-state index >= 15 is 0 Å². The molecule has 2 aromatic carbocycles. The number of carbonyl (C=O) groups is 1. The molecule has 0 aliphatic rings. The van der Waals surface area contributed by atoms with Crippen molar-refractivity contribution < 1.29 is 4.79 Å². The molecule has 0 unspecified atom stereocenters. The van der Waals surface area contributed by atoms with Gasteiger partial charge in [-0.25, -0.2) is 4.98 Å². The minimum atomic E-state index is 0. The first kappa shape index (κ1) is 23.3. The molecule has 1 amide bonds. The Kier molecular flexibility index (Phi) is 7.80. The average molecular weight is 432 g/mol. The summed E-state index contributed by atoms with van der Waals surface area (Å²) in [4.78, 5) is 22.2. The van der Waals surface area contributed by atoms with Crippen LogP contribution < -0.4 is 4.90 Å². The molecule has 0 aliphatic heterocycles. The zero-order valence-electron chi connectivity index (χ0n) is 18.1. The van der Waals surface area contributed by atoms with Gasteiger partial charge in [-0.05, 0) is 101 Å². The molecule has 0 saturated heterocycles. The Balaban J connectivity index is 0.00000300. The van der Waals surface area contributed by atoms with Crippen LogP contribution in [0.1, 0.15) is 39.0 Å². The highest BCUT2D eigenvalue weighted by Gasteiger charge is 2.21. The number of aromatic nitrogens is 1. The molecule has 3 aromatic rings. The zero-order chi connectivity index (χ0) is 20.4. The van der Waals surface area contributed by atoms with Gasteiger partial charge in [0.1, 0.15) is 0 Å². The highest BCUT2D eigenvalue weighted by Crippen LogP contribution is 2.32. The van der Waals surface area contributed by atoms with E-state index in [0.29, 0.717) is 6.54 Å². The molecule has 0 bridgehead atoms. The number of thiazole rings is 1. The van der Waals surface area contributed by atoms with Crippen molar-refractivity contribution in [2.75, 3.05) is 32.1 Å². The maximum absolute atomic E-state index is 13.4. The Bertz CT molecular complexity index is 974. The van der Waals surface area contributed by atoms with Crippen LogP contribution in [0.2, 0.25) is 0 Å². The van der Waals surface area contributed by atoms with E-state index in [1.54, 1.807) is 11.3 Å². The van der Waals surface area contributed by atoms with Crippen LogP contribution in [0.4, 0.5) is 5.13 Å². The van der Waals surface area contributed by atoms with Crippen LogP contribution in [0.15, 0.2) is 30.3 Å². The molecule has 3 rings (SSSR count). The first-order valence-electron chi connectivity index (χ1n) is 9.68. The molecule has 0 saturated carbocycles. The number of hydrogen-bond donors (Lipinski definition) is 0. The molecule has 0 fully saturated rings. The van der Waals surface area contributed by atoms with Gasteiger partial charge in [-0.3, -0.25) is 9.69 Å². The van der Waals surface area contributed by atoms with E-state index in [2.05, 4.69) is 51.9 Å². The van der Waals surface area contributed by atoms with E-state index in [-0.39, 0.29) is 18.3 Å². The van der Waals surface area contributed by atoms with Crippen LogP contribution in [-0.4, -0.2) is 43.0 Å². The minimum absolute atomic E-state index is 0. The van der Waals surface area contributed by atoms with Gasteiger partial charge in [0.2, 0.25) is 0 Å². The lowest BCUT2D eigenvalue weighted by Crippen LogP contribution is -2.33. The summed E-state index contributed by atoms with van der Waals surface area (Å²) in [5.41, 5.74) is 6.50. The van der Waals surface area contributed by atoms with E-state index in [1.807, 2.05) is 30.0 Å². The second-order valence-corrected chi connectivity index (χ2v) is 8.82. The summed E-state index contributed by atoms with van der Waals surface area (Å²) < 4.78 is 1.13. The molecular weight excluding hydrogens is 402 g/mol. The molecule has 1 heterocycles. The van der Waals surface area contributed by atoms with Crippen LogP contribution in [0.5, 0.6) is 0 Å². The van der Waals surface area contributed by atoms with E-state index in [0.717, 1.165) is 39.4 Å². The number of amides is 1. The van der Waals surface area contributed by atoms with Crippen molar-refractivity contribution in [2.45, 2.75) is 34.1 Å². The maximum atomic E-state index is 13.4. The number of benzene rings is 2. The molecule has 6 heteroatoms. The standard InChI is InChI=1S/C23H29N3OS.ClH/c1-15-8-9-19(12-16(15)2)22(27)26(11-7-10-25(5)6)23-24-20-13-17(3)18(4)14-21(20)28-23;/h8-9,12-14H,7,10-11H2,1-6H3;1H. The van der Waals surface area contributed by atoms with Crippen molar-refractivity contribution in [3.8, 4) is 0 Å². The lowest BCUT2D eigenvalue weighted by atomic mass is 10.1. The number of fused-ring (bicyclic) bond motifs is 1. The summed E-state index contributed by atoms with van der Waals surface area (Å²) >= 11 is 1.60. The number of aryl methyl sites for hydroxylation is 4. The van der Waals surface area contributed by atoms with E-state index in [1.165, 1.54) is 16.7 Å². The Labute approximate surface area is 184 Å². The van der Waals surface area contributed by atoms with Gasteiger partial charge in [0.05, 0.1) is 10.2 Å². The monoisotopic (exact) mass is 431 g/mol. The molecule has 156 valence electrons. The summed E-state index contributed by atoms with van der Waals surface area (Å²) in [5, 5.41) is 0.780. The third-order valence-electron chi connectivity index (χ3n) is 5.21. The second kappa shape index (κ2) is 9.70. The summed E-state index contributed by atoms with van der Waals surface area (Å²) in [6, 6.07) is 10.2. The number of hydrogen-bond acceptors (Lipinski definition) is 4. The third kappa shape index (κ3) is 5.35. The Hall–Kier alpha value is -1.95. The SMILES string of the molecule is Cc1ccc(C(=O)N(CCCN(C)C)c2nc3cc(C)c(C)cc3s2)cc1C.Cl. The highest BCUT2D eigenvalue weighted by atomic mass is 35.5. The van der Waals surface area contributed by atoms with Gasteiger partial charge in [0.25, 0.3) is 5.91 Å². The zero-order valence-corrected chi connectivity index (χ0v) is 19.7. The van der Waals surface area contributed by atoms with Gasteiger partial charge < -0.3 is 4.90 Å². The van der Waals surface area contributed by atoms with Crippen LogP contribution in [0, 0.1) is 27.7 Å². The van der Waals surface area contributed by atoms with Crippen molar-refractivity contribution in [1.29, 1.82) is 0 Å². The fraction of sp³-hybridized carbons (Fsp3) is 0.391. The van der Waals surface area contributed by atoms with Crippen LogP contribution >= 0.6 is 23.7 Å². The predicted octanol–water partition coefficient (Wildman–Crippen LogP) is 5.55. The predicted molar refractivity (Wildman–Crippen MR) is 127 cm³/mol. The smallest absolute Gasteiger partial charge is 0.260 e. The van der Waals surface area contributed by atoms with Gasteiger partial charge in [-0.2, -0.15) is 0 Å². The quantitative estimate of drug-likeness (QED) is 0.513. The number of carbonyl (C=O) groups excluding carboxylic acids is 1. The fourth-order valence-corrected chi connectivity index (χ4v) is 4.21.